The van der Waals surface area contributed by atoms with Crippen LogP contribution in [0, 0.1) is 0 Å². The van der Waals surface area contributed by atoms with E-state index in [0.717, 1.165) is 0 Å². The van der Waals surface area contributed by atoms with Crippen molar-refractivity contribution in [3.63, 3.8) is 0 Å². The van der Waals surface area contributed by atoms with Crippen LogP contribution < -0.4 is 5.32 Å². The van der Waals surface area contributed by atoms with E-state index in [-0.39, 0.29) is 13.0 Å². The van der Waals surface area contributed by atoms with Crippen LogP contribution in [0.5, 0.6) is 0 Å². The van der Waals surface area contributed by atoms with Gasteiger partial charge in [-0.25, -0.2) is 8.78 Å². The maximum atomic E-state index is 12.5. The fraction of sp³-hybridized carbons (Fsp3) is 0.364. The molecule has 100 valence electrons. The van der Waals surface area contributed by atoms with E-state index in [1.807, 2.05) is 0 Å². The molecule has 7 heteroatoms. The predicted octanol–water partition coefficient (Wildman–Crippen LogP) is 2.90. The lowest BCUT2D eigenvalue weighted by Gasteiger charge is -2.14. The SMILES string of the molecule is O=C(NCCc1cccc(Cl)c1)C(F)(F)C(F)F. The van der Waals surface area contributed by atoms with Gasteiger partial charge in [-0.3, -0.25) is 4.79 Å². The third-order valence-electron chi connectivity index (χ3n) is 2.17. The van der Waals surface area contributed by atoms with E-state index in [4.69, 9.17) is 11.6 Å². The van der Waals surface area contributed by atoms with E-state index in [2.05, 4.69) is 0 Å². The molecule has 0 aromatic heterocycles. The van der Waals surface area contributed by atoms with E-state index in [1.54, 1.807) is 29.6 Å². The van der Waals surface area contributed by atoms with Crippen LogP contribution in [0.2, 0.25) is 5.02 Å². The molecule has 0 saturated heterocycles. The van der Waals surface area contributed by atoms with E-state index >= 15 is 0 Å². The summed E-state index contributed by atoms with van der Waals surface area (Å²) < 4.78 is 48.8. The Morgan fingerprint density at radius 1 is 1.39 bits per heavy atom. The number of alkyl halides is 4. The molecule has 0 heterocycles. The van der Waals surface area contributed by atoms with Crippen molar-refractivity contribution >= 4 is 17.5 Å². The maximum absolute atomic E-state index is 12.5. The quantitative estimate of drug-likeness (QED) is 0.827. The first-order valence-corrected chi connectivity index (χ1v) is 5.40. The van der Waals surface area contributed by atoms with Crippen molar-refractivity contribution in [3.05, 3.63) is 34.9 Å². The van der Waals surface area contributed by atoms with E-state index in [0.29, 0.717) is 10.6 Å². The first-order valence-electron chi connectivity index (χ1n) is 5.02. The van der Waals surface area contributed by atoms with Gasteiger partial charge in [0.25, 0.3) is 5.91 Å². The molecule has 0 spiro atoms. The molecule has 1 rings (SSSR count). The summed E-state index contributed by atoms with van der Waals surface area (Å²) in [5.41, 5.74) is 0.711. The van der Waals surface area contributed by atoms with Crippen LogP contribution >= 0.6 is 11.6 Å². The second kappa shape index (κ2) is 6.04. The average Bonchev–Trinajstić information content (AvgIpc) is 2.28. The van der Waals surface area contributed by atoms with E-state index in [1.165, 1.54) is 0 Å². The highest BCUT2D eigenvalue weighted by Crippen LogP contribution is 2.22. The Balaban J connectivity index is 2.45. The van der Waals surface area contributed by atoms with Gasteiger partial charge < -0.3 is 5.32 Å². The van der Waals surface area contributed by atoms with Gasteiger partial charge in [-0.15, -0.1) is 0 Å². The number of amides is 1. The Kier molecular flexibility index (Phi) is 4.95. The summed E-state index contributed by atoms with van der Waals surface area (Å²) >= 11 is 5.69. The van der Waals surface area contributed by atoms with Crippen molar-refractivity contribution in [2.75, 3.05) is 6.54 Å². The van der Waals surface area contributed by atoms with Crippen molar-refractivity contribution in [1.82, 2.24) is 5.32 Å². The fourth-order valence-electron chi connectivity index (χ4n) is 1.23. The Hall–Kier alpha value is -1.30. The van der Waals surface area contributed by atoms with Gasteiger partial charge in [-0.2, -0.15) is 8.78 Å². The summed E-state index contributed by atoms with van der Waals surface area (Å²) in [7, 11) is 0. The standard InChI is InChI=1S/C11H10ClF4NO/c12-8-3-1-2-7(6-8)4-5-17-10(18)11(15,16)9(13)14/h1-3,6,9H,4-5H2,(H,17,18). The largest absolute Gasteiger partial charge is 0.383 e. The van der Waals surface area contributed by atoms with Crippen molar-refractivity contribution < 1.29 is 22.4 Å². The molecule has 0 fully saturated rings. The Morgan fingerprint density at radius 3 is 2.61 bits per heavy atom. The van der Waals surface area contributed by atoms with Crippen molar-refractivity contribution in [2.45, 2.75) is 18.8 Å². The zero-order chi connectivity index (χ0) is 13.8. The molecule has 1 aromatic carbocycles. The Labute approximate surface area is 106 Å². The number of carbonyl (C=O) groups excluding carboxylic acids is 1. The van der Waals surface area contributed by atoms with Crippen LogP contribution in [-0.4, -0.2) is 24.8 Å². The Morgan fingerprint density at radius 2 is 2.06 bits per heavy atom. The molecule has 0 saturated carbocycles. The third-order valence-corrected chi connectivity index (χ3v) is 2.40. The lowest BCUT2D eigenvalue weighted by Crippen LogP contribution is -2.45. The molecule has 0 aliphatic carbocycles. The van der Waals surface area contributed by atoms with Gasteiger partial charge in [0, 0.05) is 11.6 Å². The highest BCUT2D eigenvalue weighted by molar-refractivity contribution is 6.30. The molecular weight excluding hydrogens is 274 g/mol. The molecular formula is C11H10ClF4NO. The molecule has 1 N–H and O–H groups in total. The molecule has 0 radical (unpaired) electrons. The zero-order valence-electron chi connectivity index (χ0n) is 9.10. The van der Waals surface area contributed by atoms with Crippen LogP contribution in [-0.2, 0) is 11.2 Å². The summed E-state index contributed by atoms with van der Waals surface area (Å²) in [4.78, 5) is 10.8. The number of nitrogens with one attached hydrogen (secondary N) is 1. The van der Waals surface area contributed by atoms with Gasteiger partial charge in [0.2, 0.25) is 0 Å². The van der Waals surface area contributed by atoms with Gasteiger partial charge in [-0.1, -0.05) is 23.7 Å². The molecule has 1 aromatic rings. The average molecular weight is 284 g/mol. The van der Waals surface area contributed by atoms with Gasteiger partial charge >= 0.3 is 12.3 Å². The van der Waals surface area contributed by atoms with Gasteiger partial charge in [0.1, 0.15) is 0 Å². The van der Waals surface area contributed by atoms with Crippen LogP contribution in [0.3, 0.4) is 0 Å². The number of rotatable bonds is 5. The van der Waals surface area contributed by atoms with Crippen LogP contribution in [0.25, 0.3) is 0 Å². The molecule has 2 nitrogen and oxygen atoms in total. The topological polar surface area (TPSA) is 29.1 Å². The van der Waals surface area contributed by atoms with Gasteiger partial charge in [-0.05, 0) is 24.1 Å². The highest BCUT2D eigenvalue weighted by Gasteiger charge is 2.48. The number of halogens is 5. The third kappa shape index (κ3) is 3.87. The van der Waals surface area contributed by atoms with E-state index < -0.39 is 18.3 Å². The summed E-state index contributed by atoms with van der Waals surface area (Å²) in [6, 6.07) is 6.57. The first-order chi connectivity index (χ1) is 8.34. The zero-order valence-corrected chi connectivity index (χ0v) is 9.85. The summed E-state index contributed by atoms with van der Waals surface area (Å²) in [5, 5.41) is 2.23. The molecule has 1 amide bonds. The predicted molar refractivity (Wildman–Crippen MR) is 59.1 cm³/mol. The number of hydrogen-bond donors (Lipinski definition) is 1. The number of benzene rings is 1. The van der Waals surface area contributed by atoms with Crippen LogP contribution in [0.1, 0.15) is 5.56 Å². The minimum atomic E-state index is -4.66. The molecule has 18 heavy (non-hydrogen) atoms. The highest BCUT2D eigenvalue weighted by atomic mass is 35.5. The minimum absolute atomic E-state index is 0.165. The lowest BCUT2D eigenvalue weighted by atomic mass is 10.1. The van der Waals surface area contributed by atoms with Gasteiger partial charge in [0.05, 0.1) is 0 Å². The van der Waals surface area contributed by atoms with E-state index in [9.17, 15) is 22.4 Å². The maximum Gasteiger partial charge on any atom is 0.383 e. The fourth-order valence-corrected chi connectivity index (χ4v) is 1.44. The molecule has 0 bridgehead atoms. The molecule has 0 aliphatic rings. The monoisotopic (exact) mass is 283 g/mol. The first kappa shape index (κ1) is 14.8. The number of hydrogen-bond acceptors (Lipinski definition) is 1. The minimum Gasteiger partial charge on any atom is -0.350 e. The lowest BCUT2D eigenvalue weighted by molar-refractivity contribution is -0.169. The van der Waals surface area contributed by atoms with Gasteiger partial charge in [0.15, 0.2) is 0 Å². The van der Waals surface area contributed by atoms with Crippen molar-refractivity contribution in [1.29, 1.82) is 0 Å². The Bertz CT molecular complexity index is 425. The second-order valence-corrected chi connectivity index (χ2v) is 4.00. The molecule has 0 atom stereocenters. The van der Waals surface area contributed by atoms with Crippen LogP contribution in [0.15, 0.2) is 24.3 Å². The van der Waals surface area contributed by atoms with Crippen molar-refractivity contribution in [2.24, 2.45) is 0 Å². The summed E-state index contributed by atoms with van der Waals surface area (Å²) in [6.45, 7) is -0.165. The number of carbonyl (C=O) groups is 1. The molecule has 0 unspecified atom stereocenters. The molecule has 0 aliphatic heterocycles. The smallest absolute Gasteiger partial charge is 0.350 e. The van der Waals surface area contributed by atoms with Crippen LogP contribution in [0.4, 0.5) is 17.6 Å². The summed E-state index contributed by atoms with van der Waals surface area (Å²) in [5.74, 6) is -6.63. The normalized spacial score (nSPS) is 11.7. The second-order valence-electron chi connectivity index (χ2n) is 3.56. The van der Waals surface area contributed by atoms with Crippen molar-refractivity contribution in [3.8, 4) is 0 Å². The summed E-state index contributed by atoms with van der Waals surface area (Å²) in [6.07, 6.45) is -3.78.